The van der Waals surface area contributed by atoms with Gasteiger partial charge in [0.1, 0.15) is 0 Å². The van der Waals surface area contributed by atoms with Crippen LogP contribution in [0.3, 0.4) is 0 Å². The van der Waals surface area contributed by atoms with E-state index in [2.05, 4.69) is 21.2 Å². The summed E-state index contributed by atoms with van der Waals surface area (Å²) in [5.41, 5.74) is 2.63. The van der Waals surface area contributed by atoms with Gasteiger partial charge in [-0.2, -0.15) is 0 Å². The number of nitrogens with one attached hydrogen (secondary N) is 1. The first-order valence-corrected chi connectivity index (χ1v) is 7.73. The molecule has 104 valence electrons. The first-order valence-electron chi connectivity index (χ1n) is 6.41. The summed E-state index contributed by atoms with van der Waals surface area (Å²) in [4.78, 5) is 12.1. The Bertz CT molecular complexity index is 583. The molecule has 0 aliphatic rings. The summed E-state index contributed by atoms with van der Waals surface area (Å²) >= 11 is 9.05. The molecule has 0 aromatic heterocycles. The van der Waals surface area contributed by atoms with E-state index in [0.717, 1.165) is 23.0 Å². The van der Waals surface area contributed by atoms with E-state index in [4.69, 9.17) is 11.6 Å². The summed E-state index contributed by atoms with van der Waals surface area (Å²) in [5, 5.41) is 2.91. The molecule has 0 unspecified atom stereocenters. The Hall–Kier alpha value is -1.32. The third-order valence-corrected chi connectivity index (χ3v) is 3.69. The average molecular weight is 353 g/mol. The second-order valence-electron chi connectivity index (χ2n) is 4.45. The Morgan fingerprint density at radius 2 is 1.90 bits per heavy atom. The summed E-state index contributed by atoms with van der Waals surface area (Å²) in [5.74, 6) is 0.544. The number of rotatable bonds is 5. The molecule has 0 heterocycles. The van der Waals surface area contributed by atoms with Gasteiger partial charge in [-0.05, 0) is 54.8 Å². The first kappa shape index (κ1) is 15.1. The van der Waals surface area contributed by atoms with E-state index in [-0.39, 0.29) is 5.91 Å². The molecule has 0 aliphatic carbocycles. The van der Waals surface area contributed by atoms with Crippen molar-refractivity contribution in [2.24, 2.45) is 0 Å². The molecule has 0 saturated heterocycles. The van der Waals surface area contributed by atoms with Gasteiger partial charge < -0.3 is 5.32 Å². The van der Waals surface area contributed by atoms with Gasteiger partial charge in [-0.3, -0.25) is 4.79 Å². The number of halogens is 2. The van der Waals surface area contributed by atoms with E-state index in [9.17, 15) is 4.79 Å². The van der Waals surface area contributed by atoms with E-state index in [1.807, 2.05) is 36.4 Å². The molecule has 0 saturated carbocycles. The lowest BCUT2D eigenvalue weighted by Crippen LogP contribution is -2.11. The second kappa shape index (κ2) is 7.46. The number of carbonyl (C=O) groups is 1. The van der Waals surface area contributed by atoms with Crippen LogP contribution in [0.4, 0.5) is 5.69 Å². The number of carbonyl (C=O) groups excluding carboxylic acids is 1. The fourth-order valence-corrected chi connectivity index (χ4v) is 2.28. The molecule has 2 aromatic rings. The number of aryl methyl sites for hydroxylation is 1. The minimum Gasteiger partial charge on any atom is -0.322 e. The number of anilines is 1. The number of alkyl halides is 1. The molecule has 1 amide bonds. The predicted octanol–water partition coefficient (Wildman–Crippen LogP) is 4.87. The molecule has 0 radical (unpaired) electrons. The van der Waals surface area contributed by atoms with E-state index < -0.39 is 0 Å². The van der Waals surface area contributed by atoms with Crippen LogP contribution in [0, 0.1) is 0 Å². The van der Waals surface area contributed by atoms with Crippen LogP contribution in [0.15, 0.2) is 53.0 Å². The molecule has 0 fully saturated rings. The van der Waals surface area contributed by atoms with E-state index in [1.165, 1.54) is 5.56 Å². The van der Waals surface area contributed by atoms with Gasteiger partial charge in [-0.15, -0.1) is 11.6 Å². The Morgan fingerprint density at radius 3 is 2.60 bits per heavy atom. The van der Waals surface area contributed by atoms with Crippen molar-refractivity contribution in [3.8, 4) is 0 Å². The summed E-state index contributed by atoms with van der Waals surface area (Å²) < 4.78 is 0.956. The van der Waals surface area contributed by atoms with Gasteiger partial charge in [0.05, 0.1) is 0 Å². The molecular formula is C16H15BrClNO. The second-order valence-corrected chi connectivity index (χ2v) is 5.75. The lowest BCUT2D eigenvalue weighted by Gasteiger charge is -2.07. The summed E-state index contributed by atoms with van der Waals surface area (Å²) in [6.45, 7) is 0. The monoisotopic (exact) mass is 351 g/mol. The van der Waals surface area contributed by atoms with E-state index in [0.29, 0.717) is 11.4 Å². The quantitative estimate of drug-likeness (QED) is 0.764. The highest BCUT2D eigenvalue weighted by Crippen LogP contribution is 2.15. The molecule has 0 spiro atoms. The molecule has 20 heavy (non-hydrogen) atoms. The zero-order chi connectivity index (χ0) is 14.4. The van der Waals surface area contributed by atoms with Crippen LogP contribution in [-0.2, 0) is 6.42 Å². The highest BCUT2D eigenvalue weighted by atomic mass is 79.9. The van der Waals surface area contributed by atoms with Gasteiger partial charge in [0.2, 0.25) is 0 Å². The number of hydrogen-bond donors (Lipinski definition) is 1. The molecule has 2 rings (SSSR count). The SMILES string of the molecule is O=C(Nc1cccc(CCCCl)c1)c1ccc(Br)cc1. The Balaban J connectivity index is 2.05. The van der Waals surface area contributed by atoms with Crippen LogP contribution < -0.4 is 5.32 Å². The first-order chi connectivity index (χ1) is 9.69. The summed E-state index contributed by atoms with van der Waals surface area (Å²) in [7, 11) is 0. The number of benzene rings is 2. The lowest BCUT2D eigenvalue weighted by atomic mass is 10.1. The van der Waals surface area contributed by atoms with Gasteiger partial charge in [-0.25, -0.2) is 0 Å². The Labute approximate surface area is 132 Å². The Kier molecular flexibility index (Phi) is 5.62. The highest BCUT2D eigenvalue weighted by Gasteiger charge is 2.06. The van der Waals surface area contributed by atoms with E-state index >= 15 is 0 Å². The maximum atomic E-state index is 12.1. The third-order valence-electron chi connectivity index (χ3n) is 2.89. The molecule has 0 bridgehead atoms. The maximum absolute atomic E-state index is 12.1. The van der Waals surface area contributed by atoms with Crippen LogP contribution in [-0.4, -0.2) is 11.8 Å². The van der Waals surface area contributed by atoms with Gasteiger partial charge in [0, 0.05) is 21.6 Å². The summed E-state index contributed by atoms with van der Waals surface area (Å²) in [6.07, 6.45) is 1.86. The predicted molar refractivity (Wildman–Crippen MR) is 87.6 cm³/mol. The van der Waals surface area contributed by atoms with Crippen LogP contribution in [0.2, 0.25) is 0 Å². The van der Waals surface area contributed by atoms with Crippen LogP contribution in [0.25, 0.3) is 0 Å². The van der Waals surface area contributed by atoms with Gasteiger partial charge in [-0.1, -0.05) is 28.1 Å². The fourth-order valence-electron chi connectivity index (χ4n) is 1.88. The van der Waals surface area contributed by atoms with E-state index in [1.54, 1.807) is 12.1 Å². The van der Waals surface area contributed by atoms with Gasteiger partial charge in [0.25, 0.3) is 5.91 Å². The minimum absolute atomic E-state index is 0.105. The van der Waals surface area contributed by atoms with Crippen molar-refractivity contribution in [2.45, 2.75) is 12.8 Å². The fraction of sp³-hybridized carbons (Fsp3) is 0.188. The largest absolute Gasteiger partial charge is 0.322 e. The summed E-state index contributed by atoms with van der Waals surface area (Å²) in [6, 6.07) is 15.2. The van der Waals surface area contributed by atoms with Crippen LogP contribution in [0.1, 0.15) is 22.3 Å². The van der Waals surface area contributed by atoms with Gasteiger partial charge >= 0.3 is 0 Å². The van der Waals surface area contributed by atoms with Crippen molar-refractivity contribution < 1.29 is 4.79 Å². The molecule has 0 atom stereocenters. The van der Waals surface area contributed by atoms with Crippen LogP contribution in [0.5, 0.6) is 0 Å². The zero-order valence-electron chi connectivity index (χ0n) is 10.9. The average Bonchev–Trinajstić information content (AvgIpc) is 2.46. The van der Waals surface area contributed by atoms with Gasteiger partial charge in [0.15, 0.2) is 0 Å². The number of amides is 1. The molecule has 2 aromatic carbocycles. The molecule has 0 aliphatic heterocycles. The maximum Gasteiger partial charge on any atom is 0.255 e. The number of hydrogen-bond acceptors (Lipinski definition) is 1. The zero-order valence-corrected chi connectivity index (χ0v) is 13.2. The topological polar surface area (TPSA) is 29.1 Å². The standard InChI is InChI=1S/C16H15BrClNO/c17-14-8-6-13(7-9-14)16(20)19-15-5-1-3-12(11-15)4-2-10-18/h1,3,5-9,11H,2,4,10H2,(H,19,20). The van der Waals surface area contributed by atoms with Crippen molar-refractivity contribution >= 4 is 39.1 Å². The molecule has 2 nitrogen and oxygen atoms in total. The smallest absolute Gasteiger partial charge is 0.255 e. The van der Waals surface area contributed by atoms with Crippen molar-refractivity contribution in [2.75, 3.05) is 11.2 Å². The molecular weight excluding hydrogens is 338 g/mol. The van der Waals surface area contributed by atoms with Crippen molar-refractivity contribution in [1.82, 2.24) is 0 Å². The Morgan fingerprint density at radius 1 is 1.15 bits per heavy atom. The lowest BCUT2D eigenvalue weighted by molar-refractivity contribution is 0.102. The van der Waals surface area contributed by atoms with Crippen molar-refractivity contribution in [3.63, 3.8) is 0 Å². The normalized spacial score (nSPS) is 10.3. The van der Waals surface area contributed by atoms with Crippen LogP contribution >= 0.6 is 27.5 Å². The third kappa shape index (κ3) is 4.36. The molecule has 1 N–H and O–H groups in total. The highest BCUT2D eigenvalue weighted by molar-refractivity contribution is 9.10. The molecule has 4 heteroatoms. The minimum atomic E-state index is -0.105. The van der Waals surface area contributed by atoms with Crippen molar-refractivity contribution in [1.29, 1.82) is 0 Å². The van der Waals surface area contributed by atoms with Crippen molar-refractivity contribution in [3.05, 3.63) is 64.1 Å².